The fourth-order valence-electron chi connectivity index (χ4n) is 12.9. The van der Waals surface area contributed by atoms with E-state index in [1.54, 1.807) is 0 Å². The van der Waals surface area contributed by atoms with E-state index in [1.165, 1.54) is 66.2 Å². The van der Waals surface area contributed by atoms with Gasteiger partial charge in [0.2, 0.25) is 0 Å². The minimum absolute atomic E-state index is 0.107. The summed E-state index contributed by atoms with van der Waals surface area (Å²) in [5.41, 5.74) is 1.07. The summed E-state index contributed by atoms with van der Waals surface area (Å²) in [6.07, 6.45) is 17.4. The zero-order chi connectivity index (χ0) is 37.7. The van der Waals surface area contributed by atoms with Crippen LogP contribution in [-0.2, 0) is 38.1 Å². The first-order valence-electron chi connectivity index (χ1n) is 19.7. The van der Waals surface area contributed by atoms with E-state index in [0.717, 1.165) is 12.8 Å². The lowest BCUT2D eigenvalue weighted by molar-refractivity contribution is -0.190. The minimum Gasteiger partial charge on any atom is -0.462 e. The van der Waals surface area contributed by atoms with Gasteiger partial charge in [0.05, 0.1) is 0 Å². The van der Waals surface area contributed by atoms with E-state index in [9.17, 15) is 19.2 Å². The Bertz CT molecular complexity index is 1410. The molecular formula is C43H66O8. The summed E-state index contributed by atoms with van der Waals surface area (Å²) in [7, 11) is 0. The summed E-state index contributed by atoms with van der Waals surface area (Å²) >= 11 is 0. The lowest BCUT2D eigenvalue weighted by Gasteiger charge is -2.69. The highest BCUT2D eigenvalue weighted by Gasteiger charge is 2.68. The number of rotatable bonds is 11. The highest BCUT2D eigenvalue weighted by atomic mass is 16.6. The molecule has 0 saturated heterocycles. The van der Waals surface area contributed by atoms with Gasteiger partial charge in [0.25, 0.3) is 0 Å². The van der Waals surface area contributed by atoms with Crippen LogP contribution in [0.1, 0.15) is 134 Å². The van der Waals surface area contributed by atoms with Crippen molar-refractivity contribution in [2.24, 2.45) is 62.6 Å². The van der Waals surface area contributed by atoms with Crippen LogP contribution in [0.3, 0.4) is 0 Å². The van der Waals surface area contributed by atoms with Gasteiger partial charge >= 0.3 is 23.9 Å². The number of fused-ring (bicyclic) bond motifs is 7. The van der Waals surface area contributed by atoms with Gasteiger partial charge in [0.1, 0.15) is 12.7 Å². The molecule has 5 aliphatic rings. The van der Waals surface area contributed by atoms with E-state index in [1.807, 2.05) is 0 Å². The molecule has 8 nitrogen and oxygen atoms in total. The Labute approximate surface area is 307 Å². The molecule has 0 aliphatic heterocycles. The summed E-state index contributed by atoms with van der Waals surface area (Å²) in [5.74, 6) is 0.740. The second-order valence-electron chi connectivity index (χ2n) is 18.8. The number of allylic oxidation sites excluding steroid dienone is 4. The fourth-order valence-corrected chi connectivity index (χ4v) is 12.9. The number of hydrogen-bond donors (Lipinski definition) is 0. The zero-order valence-electron chi connectivity index (χ0n) is 33.3. The van der Waals surface area contributed by atoms with Gasteiger partial charge in [-0.2, -0.15) is 0 Å². The molecule has 13 atom stereocenters. The monoisotopic (exact) mass is 710 g/mol. The normalized spacial score (nSPS) is 39.9. The molecule has 0 amide bonds. The summed E-state index contributed by atoms with van der Waals surface area (Å²) in [6.45, 7) is 22.4. The van der Waals surface area contributed by atoms with Crippen LogP contribution < -0.4 is 0 Å². The largest absolute Gasteiger partial charge is 0.462 e. The molecule has 3 saturated carbocycles. The van der Waals surface area contributed by atoms with Crippen LogP contribution in [0.5, 0.6) is 0 Å². The Balaban J connectivity index is 1.36. The maximum atomic E-state index is 12.3. The first-order valence-corrected chi connectivity index (χ1v) is 19.7. The van der Waals surface area contributed by atoms with Crippen molar-refractivity contribution < 1.29 is 38.1 Å². The summed E-state index contributed by atoms with van der Waals surface area (Å²) in [4.78, 5) is 48.3. The third kappa shape index (κ3) is 7.07. The fraction of sp³-hybridized carbons (Fsp3) is 0.814. The van der Waals surface area contributed by atoms with Crippen molar-refractivity contribution in [1.82, 2.24) is 0 Å². The van der Waals surface area contributed by atoms with Crippen LogP contribution >= 0.6 is 0 Å². The SMILES string of the molecule is CC(=O)OCC(OC(C)=O)C(OC(C)=O)C(CCC(C)C1CCC2(C)C1CCC1(C)C2C=CC2C3(C)CCCC(C)(C)C3C=CC21C)OC(C)=O. The van der Waals surface area contributed by atoms with Crippen LogP contribution in [0.25, 0.3) is 0 Å². The summed E-state index contributed by atoms with van der Waals surface area (Å²) in [5, 5.41) is 0. The molecular weight excluding hydrogens is 644 g/mol. The van der Waals surface area contributed by atoms with E-state index < -0.39 is 42.2 Å². The molecule has 0 heterocycles. The average molecular weight is 711 g/mol. The first-order chi connectivity index (χ1) is 23.7. The van der Waals surface area contributed by atoms with Gasteiger partial charge in [-0.15, -0.1) is 0 Å². The predicted molar refractivity (Wildman–Crippen MR) is 196 cm³/mol. The second-order valence-corrected chi connectivity index (χ2v) is 18.8. The third-order valence-corrected chi connectivity index (χ3v) is 15.3. The molecule has 8 heteroatoms. The van der Waals surface area contributed by atoms with Gasteiger partial charge in [-0.25, -0.2) is 0 Å². The van der Waals surface area contributed by atoms with Gasteiger partial charge in [0, 0.05) is 27.7 Å². The highest BCUT2D eigenvalue weighted by Crippen LogP contribution is 2.75. The molecule has 0 radical (unpaired) electrons. The van der Waals surface area contributed by atoms with Crippen molar-refractivity contribution in [2.75, 3.05) is 6.61 Å². The van der Waals surface area contributed by atoms with Gasteiger partial charge in [-0.05, 0) is 114 Å². The molecule has 0 bridgehead atoms. The van der Waals surface area contributed by atoms with Gasteiger partial charge < -0.3 is 18.9 Å². The molecule has 0 aromatic rings. The molecule has 3 fully saturated rings. The zero-order valence-corrected chi connectivity index (χ0v) is 33.3. The van der Waals surface area contributed by atoms with E-state index in [-0.39, 0.29) is 28.3 Å². The second kappa shape index (κ2) is 14.3. The van der Waals surface area contributed by atoms with Gasteiger partial charge in [0.15, 0.2) is 12.2 Å². The number of ether oxygens (including phenoxy) is 4. The van der Waals surface area contributed by atoms with E-state index in [4.69, 9.17) is 18.9 Å². The van der Waals surface area contributed by atoms with Gasteiger partial charge in [-0.1, -0.05) is 79.2 Å². The lowest BCUT2D eigenvalue weighted by atomic mass is 9.35. The van der Waals surface area contributed by atoms with Crippen molar-refractivity contribution in [3.05, 3.63) is 24.3 Å². The topological polar surface area (TPSA) is 105 Å². The Morgan fingerprint density at radius 2 is 1.29 bits per heavy atom. The van der Waals surface area contributed by atoms with Crippen LogP contribution in [-0.4, -0.2) is 48.8 Å². The van der Waals surface area contributed by atoms with E-state index in [0.29, 0.717) is 47.3 Å². The highest BCUT2D eigenvalue weighted by molar-refractivity contribution is 5.68. The van der Waals surface area contributed by atoms with Crippen LogP contribution in [0.2, 0.25) is 0 Å². The number of carbonyl (C=O) groups is 4. The average Bonchev–Trinajstić information content (AvgIpc) is 3.36. The smallest absolute Gasteiger partial charge is 0.303 e. The van der Waals surface area contributed by atoms with Crippen molar-refractivity contribution in [1.29, 1.82) is 0 Å². The Morgan fingerprint density at radius 1 is 0.667 bits per heavy atom. The summed E-state index contributed by atoms with van der Waals surface area (Å²) in [6, 6.07) is 0. The quantitative estimate of drug-likeness (QED) is 0.119. The van der Waals surface area contributed by atoms with Gasteiger partial charge in [-0.3, -0.25) is 19.2 Å². The molecule has 0 N–H and O–H groups in total. The third-order valence-electron chi connectivity index (χ3n) is 15.3. The minimum atomic E-state index is -1.12. The number of carbonyl (C=O) groups excluding carboxylic acids is 4. The molecule has 286 valence electrons. The molecule has 13 unspecified atom stereocenters. The Kier molecular flexibility index (Phi) is 11.1. The molecule has 51 heavy (non-hydrogen) atoms. The van der Waals surface area contributed by atoms with Crippen molar-refractivity contribution in [3.63, 3.8) is 0 Å². The van der Waals surface area contributed by atoms with Crippen molar-refractivity contribution in [2.45, 2.75) is 152 Å². The van der Waals surface area contributed by atoms with Crippen LogP contribution in [0, 0.1) is 62.6 Å². The maximum Gasteiger partial charge on any atom is 0.303 e. The predicted octanol–water partition coefficient (Wildman–Crippen LogP) is 8.80. The number of esters is 4. The Morgan fingerprint density at radius 3 is 1.92 bits per heavy atom. The van der Waals surface area contributed by atoms with Crippen molar-refractivity contribution in [3.8, 4) is 0 Å². The van der Waals surface area contributed by atoms with Crippen molar-refractivity contribution >= 4 is 23.9 Å². The van der Waals surface area contributed by atoms with E-state index >= 15 is 0 Å². The molecule has 0 spiro atoms. The van der Waals surface area contributed by atoms with Crippen LogP contribution in [0.4, 0.5) is 0 Å². The standard InChI is InChI=1S/C43H66O8/c1-26(13-14-33(49-28(3)45)38(51-30(5)47)34(50-29(4)46)25-48-27(2)44)31-17-22-40(8)32(31)18-23-42(10)36(40)15-16-37-41(9)21-12-20-39(6,7)35(41)19-24-43(37,42)11/h15-16,19,24,26,31-38H,12-14,17-18,20-23,25H2,1-11H3. The molecule has 5 rings (SSSR count). The van der Waals surface area contributed by atoms with Crippen LogP contribution in [0.15, 0.2) is 24.3 Å². The van der Waals surface area contributed by atoms with E-state index in [2.05, 4.69) is 72.8 Å². The first kappa shape index (κ1) is 39.6. The summed E-state index contributed by atoms with van der Waals surface area (Å²) < 4.78 is 22.1. The molecule has 0 aromatic carbocycles. The Hall–Kier alpha value is -2.64. The lowest BCUT2D eigenvalue weighted by Crippen LogP contribution is -2.62. The number of hydrogen-bond acceptors (Lipinski definition) is 8. The molecule has 5 aliphatic carbocycles. The molecule has 0 aromatic heterocycles. The maximum absolute atomic E-state index is 12.3.